The Hall–Kier alpha value is -4.66. The monoisotopic (exact) mass is 514 g/mol. The number of phenolic OH excluding ortho intramolecular Hbond substituents is 3. The maximum Gasteiger partial charge on any atom is 0.343 e. The molecule has 0 saturated carbocycles. The van der Waals surface area contributed by atoms with Crippen molar-refractivity contribution >= 4 is 33.3 Å². The number of fused-ring (bicyclic) bond motifs is 4. The van der Waals surface area contributed by atoms with Crippen LogP contribution in [0.5, 0.6) is 34.5 Å². The molecule has 4 aromatic rings. The highest BCUT2D eigenvalue weighted by Gasteiger charge is 2.68. The molecule has 0 aromatic heterocycles. The Morgan fingerprint density at radius 3 is 2.21 bits per heavy atom. The molecule has 0 fully saturated rings. The second-order valence-electron chi connectivity index (χ2n) is 10.2. The number of hydrogen-bond acceptors (Lipinski definition) is 9. The van der Waals surface area contributed by atoms with Gasteiger partial charge in [0, 0.05) is 39.6 Å². The van der Waals surface area contributed by atoms with Gasteiger partial charge in [0.2, 0.25) is 5.60 Å². The molecule has 9 nitrogen and oxygen atoms in total. The average Bonchev–Trinajstić information content (AvgIpc) is 3.22. The molecule has 2 heterocycles. The lowest BCUT2D eigenvalue weighted by Crippen LogP contribution is -2.62. The molecule has 7 rings (SSSR count). The predicted octanol–water partition coefficient (Wildman–Crippen LogP) is 4.59. The Bertz CT molecular complexity index is 1820. The van der Waals surface area contributed by atoms with Crippen LogP contribution in [-0.4, -0.2) is 46.9 Å². The first-order valence-corrected chi connectivity index (χ1v) is 12.0. The van der Waals surface area contributed by atoms with Crippen LogP contribution < -0.4 is 14.2 Å². The number of benzene rings is 4. The molecule has 9 heteroatoms. The number of methoxy groups -OCH3 is 2. The Kier molecular flexibility index (Phi) is 4.03. The van der Waals surface area contributed by atoms with Crippen LogP contribution in [0.3, 0.4) is 0 Å². The van der Waals surface area contributed by atoms with Crippen LogP contribution in [-0.2, 0) is 10.3 Å². The maximum absolute atomic E-state index is 13.9. The van der Waals surface area contributed by atoms with Crippen LogP contribution in [0.1, 0.15) is 50.8 Å². The van der Waals surface area contributed by atoms with Crippen molar-refractivity contribution in [2.24, 2.45) is 0 Å². The lowest BCUT2D eigenvalue weighted by Gasteiger charge is -2.51. The van der Waals surface area contributed by atoms with Crippen LogP contribution in [0.25, 0.3) is 21.5 Å². The second kappa shape index (κ2) is 6.80. The Morgan fingerprint density at radius 1 is 0.816 bits per heavy atom. The molecule has 2 atom stereocenters. The minimum atomic E-state index is -1.64. The third-order valence-electron chi connectivity index (χ3n) is 8.16. The zero-order valence-electron chi connectivity index (χ0n) is 20.9. The molecule has 0 radical (unpaired) electrons. The number of Topliss-reactive ketones (excluding diaryl/α,β-unsaturated/α-hetero) is 1. The topological polar surface area (TPSA) is 132 Å². The van der Waals surface area contributed by atoms with Gasteiger partial charge >= 0.3 is 5.97 Å². The van der Waals surface area contributed by atoms with E-state index in [1.807, 2.05) is 0 Å². The van der Waals surface area contributed by atoms with Crippen molar-refractivity contribution in [2.45, 2.75) is 31.5 Å². The molecule has 0 amide bonds. The Balaban J connectivity index is 1.78. The molecule has 4 aromatic carbocycles. The molecule has 38 heavy (non-hydrogen) atoms. The number of aryl methyl sites for hydroxylation is 1. The summed E-state index contributed by atoms with van der Waals surface area (Å²) in [6.07, 6.45) is -0.275. The van der Waals surface area contributed by atoms with Crippen LogP contribution in [0, 0.1) is 6.92 Å². The summed E-state index contributed by atoms with van der Waals surface area (Å²) in [6, 6.07) is 7.58. The number of hydrogen-bond donors (Lipinski definition) is 3. The summed E-state index contributed by atoms with van der Waals surface area (Å²) >= 11 is 0. The van der Waals surface area contributed by atoms with Gasteiger partial charge in [-0.3, -0.25) is 4.79 Å². The van der Waals surface area contributed by atoms with Crippen LogP contribution >= 0.6 is 0 Å². The van der Waals surface area contributed by atoms with E-state index in [9.17, 15) is 24.9 Å². The van der Waals surface area contributed by atoms with Gasteiger partial charge in [-0.2, -0.15) is 0 Å². The highest BCUT2D eigenvalue weighted by atomic mass is 16.6. The first-order valence-electron chi connectivity index (χ1n) is 12.0. The smallest absolute Gasteiger partial charge is 0.343 e. The van der Waals surface area contributed by atoms with Crippen molar-refractivity contribution in [1.29, 1.82) is 0 Å². The van der Waals surface area contributed by atoms with Gasteiger partial charge in [0.25, 0.3) is 0 Å². The summed E-state index contributed by atoms with van der Waals surface area (Å²) in [5, 5.41) is 35.1. The third kappa shape index (κ3) is 2.33. The summed E-state index contributed by atoms with van der Waals surface area (Å²) in [5.41, 5.74) is -1.86. The van der Waals surface area contributed by atoms with Crippen molar-refractivity contribution in [3.8, 4) is 34.5 Å². The molecule has 3 aliphatic rings. The quantitative estimate of drug-likeness (QED) is 0.260. The van der Waals surface area contributed by atoms with Crippen molar-refractivity contribution in [1.82, 2.24) is 0 Å². The van der Waals surface area contributed by atoms with Crippen molar-refractivity contribution in [3.05, 3.63) is 58.1 Å². The number of ether oxygens (including phenoxy) is 4. The van der Waals surface area contributed by atoms with Gasteiger partial charge in [0.05, 0.1) is 20.6 Å². The summed E-state index contributed by atoms with van der Waals surface area (Å²) in [6.45, 7) is 3.41. The number of rotatable bonds is 2. The van der Waals surface area contributed by atoms with E-state index < -0.39 is 17.2 Å². The van der Waals surface area contributed by atoms with E-state index >= 15 is 0 Å². The number of esters is 1. The second-order valence-corrected chi connectivity index (χ2v) is 10.2. The highest BCUT2D eigenvalue weighted by molar-refractivity contribution is 6.26. The molecule has 0 saturated heterocycles. The van der Waals surface area contributed by atoms with Crippen molar-refractivity contribution < 1.29 is 43.9 Å². The van der Waals surface area contributed by atoms with E-state index in [0.717, 1.165) is 0 Å². The maximum atomic E-state index is 13.9. The van der Waals surface area contributed by atoms with Crippen molar-refractivity contribution in [2.75, 3.05) is 14.2 Å². The van der Waals surface area contributed by atoms with Gasteiger partial charge < -0.3 is 34.3 Å². The van der Waals surface area contributed by atoms with Gasteiger partial charge in [0.15, 0.2) is 22.9 Å². The number of aromatic hydroxyl groups is 3. The fourth-order valence-electron chi connectivity index (χ4n) is 6.68. The van der Waals surface area contributed by atoms with E-state index in [-0.39, 0.29) is 57.6 Å². The average molecular weight is 514 g/mol. The number of carbonyl (C=O) groups is 2. The molecular formula is C29H22O9. The van der Waals surface area contributed by atoms with Gasteiger partial charge in [-0.25, -0.2) is 4.79 Å². The SMILES string of the molecule is COc1cc(O)c2c(c1)[C@]13Oc4c(O)cc(C)c5c4c1c(c1c(O)cc(OC)cc15)C(=O)C[C@]3(C)OC2=O. The summed E-state index contributed by atoms with van der Waals surface area (Å²) in [5.74, 6) is -1.12. The van der Waals surface area contributed by atoms with E-state index in [4.69, 9.17) is 18.9 Å². The Labute approximate surface area is 215 Å². The predicted molar refractivity (Wildman–Crippen MR) is 135 cm³/mol. The summed E-state index contributed by atoms with van der Waals surface area (Å²) in [7, 11) is 2.90. The first-order chi connectivity index (χ1) is 18.1. The number of phenols is 3. The molecule has 0 unspecified atom stereocenters. The van der Waals surface area contributed by atoms with E-state index in [0.29, 0.717) is 38.4 Å². The molecule has 0 bridgehead atoms. The fourth-order valence-corrected chi connectivity index (χ4v) is 6.68. The fraction of sp³-hybridized carbons (Fsp3) is 0.241. The Morgan fingerprint density at radius 2 is 1.50 bits per heavy atom. The van der Waals surface area contributed by atoms with E-state index in [1.165, 1.54) is 26.4 Å². The van der Waals surface area contributed by atoms with Crippen LogP contribution in [0.15, 0.2) is 30.3 Å². The first kappa shape index (κ1) is 22.5. The van der Waals surface area contributed by atoms with E-state index in [2.05, 4.69) is 0 Å². The zero-order chi connectivity index (χ0) is 26.9. The molecule has 192 valence electrons. The van der Waals surface area contributed by atoms with Gasteiger partial charge in [-0.05, 0) is 48.4 Å². The minimum absolute atomic E-state index is 0.109. The molecule has 1 aliphatic carbocycles. The summed E-state index contributed by atoms with van der Waals surface area (Å²) < 4.78 is 23.4. The zero-order valence-corrected chi connectivity index (χ0v) is 20.9. The van der Waals surface area contributed by atoms with Crippen LogP contribution in [0.4, 0.5) is 0 Å². The molecule has 2 aliphatic heterocycles. The number of carbonyl (C=O) groups excluding carboxylic acids is 2. The largest absolute Gasteiger partial charge is 0.507 e. The standard InChI is InChI=1S/C29H22O9/c1-11-5-18(32)26-24-20(11)14-6-12(35-3)8-16(30)21(14)23-19(33)10-28(2)29(37-26,25(23)24)15-7-13(36-4)9-17(31)22(15)27(34)38-28/h5-9,30-32H,10H2,1-4H3/t28-,29-/m0/s1. The van der Waals surface area contributed by atoms with E-state index in [1.54, 1.807) is 32.0 Å². The highest BCUT2D eigenvalue weighted by Crippen LogP contribution is 2.66. The van der Waals surface area contributed by atoms with Gasteiger partial charge in [0.1, 0.15) is 28.6 Å². The minimum Gasteiger partial charge on any atom is -0.507 e. The van der Waals surface area contributed by atoms with Crippen LogP contribution in [0.2, 0.25) is 0 Å². The molecule has 3 N–H and O–H groups in total. The molecular weight excluding hydrogens is 492 g/mol. The lowest BCUT2D eigenvalue weighted by molar-refractivity contribution is -0.121. The normalized spacial score (nSPS) is 22.6. The third-order valence-corrected chi connectivity index (χ3v) is 8.16. The van der Waals surface area contributed by atoms with Crippen molar-refractivity contribution in [3.63, 3.8) is 0 Å². The van der Waals surface area contributed by atoms with Gasteiger partial charge in [-0.15, -0.1) is 0 Å². The van der Waals surface area contributed by atoms with Gasteiger partial charge in [-0.1, -0.05) is 0 Å². The summed E-state index contributed by atoms with van der Waals surface area (Å²) in [4.78, 5) is 27.2. The lowest BCUT2D eigenvalue weighted by atomic mass is 9.62. The molecule has 1 spiro atoms. The number of ketones is 1.